The molecule has 6 heteroatoms. The maximum Gasteiger partial charge on any atom is 0.243 e. The Hall–Kier alpha value is -2.18. The molecule has 2 atom stereocenters. The second-order valence-electron chi connectivity index (χ2n) is 7.91. The maximum absolute atomic E-state index is 13.3. The van der Waals surface area contributed by atoms with Crippen molar-refractivity contribution in [2.45, 2.75) is 44.0 Å². The molecule has 5 nitrogen and oxygen atoms in total. The lowest BCUT2D eigenvalue weighted by Gasteiger charge is -2.34. The highest BCUT2D eigenvalue weighted by Gasteiger charge is 2.39. The predicted octanol–water partition coefficient (Wildman–Crippen LogP) is 3.37. The quantitative estimate of drug-likeness (QED) is 0.796. The topological polar surface area (TPSA) is 57.7 Å². The van der Waals surface area contributed by atoms with Crippen molar-refractivity contribution in [1.29, 1.82) is 0 Å². The van der Waals surface area contributed by atoms with E-state index >= 15 is 0 Å². The summed E-state index contributed by atoms with van der Waals surface area (Å²) in [6.07, 6.45) is 2.27. The van der Waals surface area contributed by atoms with Crippen LogP contribution in [0.2, 0.25) is 0 Å². The number of fused-ring (bicyclic) bond motifs is 1. The molecular weight excluding hydrogens is 372 g/mol. The SMILES string of the molecule is Cc1ccc(S(=O)(=O)N2CCC[C@@H](C(=O)N3c4ccccc4C[C@@H]3C)C2)cc1. The van der Waals surface area contributed by atoms with Gasteiger partial charge in [-0.05, 0) is 56.9 Å². The molecule has 2 aliphatic rings. The van der Waals surface area contributed by atoms with Crippen LogP contribution in [-0.2, 0) is 21.2 Å². The third-order valence-corrected chi connectivity index (χ3v) is 7.72. The molecule has 0 aliphatic carbocycles. The van der Waals surface area contributed by atoms with E-state index in [4.69, 9.17) is 0 Å². The Morgan fingerprint density at radius 1 is 1.07 bits per heavy atom. The summed E-state index contributed by atoms with van der Waals surface area (Å²) in [7, 11) is -3.58. The number of rotatable bonds is 3. The van der Waals surface area contributed by atoms with Crippen LogP contribution in [0.25, 0.3) is 0 Å². The molecule has 0 radical (unpaired) electrons. The third-order valence-electron chi connectivity index (χ3n) is 5.84. The van der Waals surface area contributed by atoms with Gasteiger partial charge in [0.25, 0.3) is 0 Å². The van der Waals surface area contributed by atoms with Gasteiger partial charge in [-0.2, -0.15) is 4.31 Å². The summed E-state index contributed by atoms with van der Waals surface area (Å²) in [6, 6.07) is 15.0. The molecule has 0 unspecified atom stereocenters. The lowest BCUT2D eigenvalue weighted by Crippen LogP contribution is -2.48. The van der Waals surface area contributed by atoms with E-state index in [1.807, 2.05) is 42.2 Å². The van der Waals surface area contributed by atoms with Crippen LogP contribution in [0.1, 0.15) is 30.9 Å². The largest absolute Gasteiger partial charge is 0.309 e. The molecular formula is C22H26N2O3S. The Bertz CT molecular complexity index is 985. The summed E-state index contributed by atoms with van der Waals surface area (Å²) >= 11 is 0. The summed E-state index contributed by atoms with van der Waals surface area (Å²) in [4.78, 5) is 15.5. The van der Waals surface area contributed by atoms with Gasteiger partial charge in [-0.3, -0.25) is 4.79 Å². The third kappa shape index (κ3) is 3.35. The van der Waals surface area contributed by atoms with E-state index in [9.17, 15) is 13.2 Å². The van der Waals surface area contributed by atoms with Crippen molar-refractivity contribution < 1.29 is 13.2 Å². The van der Waals surface area contributed by atoms with E-state index in [0.29, 0.717) is 17.9 Å². The number of anilines is 1. The van der Waals surface area contributed by atoms with Crippen molar-refractivity contribution in [2.75, 3.05) is 18.0 Å². The molecule has 2 heterocycles. The second kappa shape index (κ2) is 7.33. The van der Waals surface area contributed by atoms with Gasteiger partial charge >= 0.3 is 0 Å². The van der Waals surface area contributed by atoms with E-state index < -0.39 is 10.0 Å². The van der Waals surface area contributed by atoms with Crippen molar-refractivity contribution >= 4 is 21.6 Å². The molecule has 2 aromatic rings. The van der Waals surface area contributed by atoms with Crippen LogP contribution in [0.15, 0.2) is 53.4 Å². The highest BCUT2D eigenvalue weighted by atomic mass is 32.2. The average Bonchev–Trinajstić information content (AvgIpc) is 3.03. The zero-order chi connectivity index (χ0) is 19.9. The predicted molar refractivity (Wildman–Crippen MR) is 110 cm³/mol. The summed E-state index contributed by atoms with van der Waals surface area (Å²) in [5, 5.41) is 0. The molecule has 0 spiro atoms. The van der Waals surface area contributed by atoms with Crippen LogP contribution >= 0.6 is 0 Å². The second-order valence-corrected chi connectivity index (χ2v) is 9.84. The highest BCUT2D eigenvalue weighted by molar-refractivity contribution is 7.89. The first-order valence-electron chi connectivity index (χ1n) is 9.86. The minimum absolute atomic E-state index is 0.0428. The zero-order valence-electron chi connectivity index (χ0n) is 16.3. The Labute approximate surface area is 167 Å². The van der Waals surface area contributed by atoms with Gasteiger partial charge in [-0.1, -0.05) is 35.9 Å². The number of carbonyl (C=O) groups is 1. The monoisotopic (exact) mass is 398 g/mol. The van der Waals surface area contributed by atoms with E-state index in [1.54, 1.807) is 12.1 Å². The smallest absolute Gasteiger partial charge is 0.243 e. The van der Waals surface area contributed by atoms with Gasteiger partial charge < -0.3 is 4.90 Å². The number of aryl methyl sites for hydroxylation is 1. The first kappa shape index (κ1) is 19.2. The number of hydrogen-bond donors (Lipinski definition) is 0. The maximum atomic E-state index is 13.3. The Morgan fingerprint density at radius 3 is 2.54 bits per heavy atom. The molecule has 148 valence electrons. The van der Waals surface area contributed by atoms with Crippen LogP contribution in [0, 0.1) is 12.8 Å². The first-order chi connectivity index (χ1) is 13.4. The number of sulfonamides is 1. The number of piperidine rings is 1. The molecule has 1 fully saturated rings. The molecule has 2 aliphatic heterocycles. The van der Waals surface area contributed by atoms with Gasteiger partial charge in [0.1, 0.15) is 0 Å². The van der Waals surface area contributed by atoms with Crippen molar-refractivity contribution in [2.24, 2.45) is 5.92 Å². The number of nitrogens with zero attached hydrogens (tertiary/aromatic N) is 2. The van der Waals surface area contributed by atoms with Gasteiger partial charge in [0.15, 0.2) is 0 Å². The van der Waals surface area contributed by atoms with Crippen molar-refractivity contribution in [3.05, 3.63) is 59.7 Å². The number of amides is 1. The van der Waals surface area contributed by atoms with Gasteiger partial charge in [0.05, 0.1) is 10.8 Å². The summed E-state index contributed by atoms with van der Waals surface area (Å²) in [6.45, 7) is 4.70. The van der Waals surface area contributed by atoms with Crippen molar-refractivity contribution in [1.82, 2.24) is 4.31 Å². The van der Waals surface area contributed by atoms with Crippen molar-refractivity contribution in [3.8, 4) is 0 Å². The van der Waals surface area contributed by atoms with E-state index in [2.05, 4.69) is 13.0 Å². The molecule has 0 saturated carbocycles. The number of hydrogen-bond acceptors (Lipinski definition) is 3. The van der Waals surface area contributed by atoms with Crippen LogP contribution < -0.4 is 4.90 Å². The van der Waals surface area contributed by atoms with Crippen LogP contribution in [0.4, 0.5) is 5.69 Å². The first-order valence-corrected chi connectivity index (χ1v) is 11.3. The fraction of sp³-hybridized carbons (Fsp3) is 0.409. The van der Waals surface area contributed by atoms with Gasteiger partial charge in [-0.25, -0.2) is 8.42 Å². The number of para-hydroxylation sites is 1. The lowest BCUT2D eigenvalue weighted by molar-refractivity contribution is -0.123. The van der Waals surface area contributed by atoms with E-state index in [-0.39, 0.29) is 24.4 Å². The van der Waals surface area contributed by atoms with Crippen molar-refractivity contribution in [3.63, 3.8) is 0 Å². The lowest BCUT2D eigenvalue weighted by atomic mass is 9.97. The fourth-order valence-corrected chi connectivity index (χ4v) is 5.84. The molecule has 0 bridgehead atoms. The molecule has 28 heavy (non-hydrogen) atoms. The van der Waals surface area contributed by atoms with Gasteiger partial charge in [0.2, 0.25) is 15.9 Å². The molecule has 2 aromatic carbocycles. The Kier molecular flexibility index (Phi) is 5.02. The van der Waals surface area contributed by atoms with Crippen LogP contribution in [-0.4, -0.2) is 37.8 Å². The molecule has 1 saturated heterocycles. The molecule has 1 amide bonds. The molecule has 0 N–H and O–H groups in total. The summed E-state index contributed by atoms with van der Waals surface area (Å²) < 4.78 is 27.6. The standard InChI is InChI=1S/C22H26N2O3S/c1-16-9-11-20(12-10-16)28(26,27)23-13-5-7-19(15-23)22(25)24-17(2)14-18-6-3-4-8-21(18)24/h3-4,6,8-12,17,19H,5,7,13-15H2,1-2H3/t17-,19+/m0/s1. The summed E-state index contributed by atoms with van der Waals surface area (Å²) in [5.74, 6) is -0.260. The summed E-state index contributed by atoms with van der Waals surface area (Å²) in [5.41, 5.74) is 3.18. The molecule has 4 rings (SSSR count). The fourth-order valence-electron chi connectivity index (χ4n) is 4.32. The van der Waals surface area contributed by atoms with E-state index in [0.717, 1.165) is 24.1 Å². The van der Waals surface area contributed by atoms with Crippen LogP contribution in [0.3, 0.4) is 0 Å². The van der Waals surface area contributed by atoms with Gasteiger partial charge in [-0.15, -0.1) is 0 Å². The van der Waals surface area contributed by atoms with Crippen LogP contribution in [0.5, 0.6) is 0 Å². The number of benzene rings is 2. The number of carbonyl (C=O) groups excluding carboxylic acids is 1. The minimum atomic E-state index is -3.58. The zero-order valence-corrected chi connectivity index (χ0v) is 17.2. The average molecular weight is 399 g/mol. The highest BCUT2D eigenvalue weighted by Crippen LogP contribution is 2.35. The molecule has 0 aromatic heterocycles. The Balaban J connectivity index is 1.56. The van der Waals surface area contributed by atoms with E-state index in [1.165, 1.54) is 9.87 Å². The normalized spacial score (nSPS) is 22.9. The van der Waals surface area contributed by atoms with Gasteiger partial charge in [0, 0.05) is 24.8 Å². The minimum Gasteiger partial charge on any atom is -0.309 e. The Morgan fingerprint density at radius 2 is 1.79 bits per heavy atom.